The molecule has 0 radical (unpaired) electrons. The number of carbonyl (C=O) groups excluding carboxylic acids is 1. The number of benzene rings is 3. The highest BCUT2D eigenvalue weighted by molar-refractivity contribution is 5.85. The van der Waals surface area contributed by atoms with Gasteiger partial charge in [0.2, 0.25) is 5.60 Å². The first-order valence-electron chi connectivity index (χ1n) is 13.6. The molecule has 0 saturated carbocycles. The maximum Gasteiger partial charge on any atom is 0.573 e. The fraction of sp³-hybridized carbons (Fsp3) is 0.387. The Hall–Kier alpha value is -3.56. The minimum atomic E-state index is -4.73. The van der Waals surface area contributed by atoms with Crippen LogP contribution in [0.5, 0.6) is 11.5 Å². The van der Waals surface area contributed by atoms with Gasteiger partial charge in [-0.15, -0.1) is 13.2 Å². The number of ether oxygens (including phenoxy) is 3. The molecule has 3 heterocycles. The quantitative estimate of drug-likeness (QED) is 0.205. The van der Waals surface area contributed by atoms with Crippen molar-refractivity contribution in [1.82, 2.24) is 0 Å². The lowest BCUT2D eigenvalue weighted by Crippen LogP contribution is -2.65. The van der Waals surface area contributed by atoms with Crippen molar-refractivity contribution in [2.24, 2.45) is 5.92 Å². The zero-order valence-corrected chi connectivity index (χ0v) is 22.1. The van der Waals surface area contributed by atoms with Gasteiger partial charge in [0.15, 0.2) is 6.10 Å². The Labute approximate surface area is 231 Å². The molecule has 3 aromatic carbocycles. The second kappa shape index (κ2) is 11.5. The molecule has 3 aliphatic rings. The zero-order valence-electron chi connectivity index (χ0n) is 22.1. The predicted octanol–water partition coefficient (Wildman–Crippen LogP) is 5.44. The highest BCUT2D eigenvalue weighted by Crippen LogP contribution is 2.38. The van der Waals surface area contributed by atoms with Crippen molar-refractivity contribution in [2.75, 3.05) is 32.8 Å². The molecule has 0 spiro atoms. The molecule has 3 aromatic rings. The molecule has 0 aromatic heterocycles. The van der Waals surface area contributed by atoms with Crippen molar-refractivity contribution >= 4 is 5.97 Å². The maximum absolute atomic E-state index is 13.7. The molecule has 9 heteroatoms. The van der Waals surface area contributed by atoms with E-state index in [1.165, 1.54) is 24.3 Å². The number of quaternary nitrogens is 1. The Bertz CT molecular complexity index is 1220. The van der Waals surface area contributed by atoms with Gasteiger partial charge in [-0.1, -0.05) is 60.7 Å². The van der Waals surface area contributed by atoms with Crippen molar-refractivity contribution in [3.8, 4) is 11.5 Å². The molecule has 3 saturated heterocycles. The largest absolute Gasteiger partial charge is 0.573 e. The number of hydrogen-bond acceptors (Lipinski definition) is 5. The lowest BCUT2D eigenvalue weighted by molar-refractivity contribution is -0.946. The Morgan fingerprint density at radius 1 is 0.850 bits per heavy atom. The number of nitrogens with zero attached hydrogens (tertiary/aromatic N) is 1. The summed E-state index contributed by atoms with van der Waals surface area (Å²) in [7, 11) is 0. The normalized spacial score (nSPS) is 22.5. The predicted molar refractivity (Wildman–Crippen MR) is 141 cm³/mol. The summed E-state index contributed by atoms with van der Waals surface area (Å²) in [5, 5.41) is 11.8. The molecule has 0 amide bonds. The van der Waals surface area contributed by atoms with Crippen molar-refractivity contribution in [1.29, 1.82) is 0 Å². The lowest BCUT2D eigenvalue weighted by atomic mass is 9.82. The average molecular weight is 557 g/mol. The highest BCUT2D eigenvalue weighted by Gasteiger charge is 2.50. The molecule has 6 rings (SSSR count). The van der Waals surface area contributed by atoms with E-state index in [0.717, 1.165) is 43.4 Å². The van der Waals surface area contributed by atoms with Crippen molar-refractivity contribution in [3.05, 3.63) is 96.1 Å². The number of aliphatic hydroxyl groups is 1. The summed E-state index contributed by atoms with van der Waals surface area (Å²) in [5.41, 5.74) is -0.980. The second-order valence-corrected chi connectivity index (χ2v) is 10.6. The van der Waals surface area contributed by atoms with E-state index in [4.69, 9.17) is 9.47 Å². The van der Waals surface area contributed by atoms with Crippen LogP contribution < -0.4 is 9.47 Å². The summed E-state index contributed by atoms with van der Waals surface area (Å²) in [6, 6.07) is 23.1. The van der Waals surface area contributed by atoms with Crippen LogP contribution in [-0.2, 0) is 15.1 Å². The fourth-order valence-corrected chi connectivity index (χ4v) is 5.98. The molecule has 40 heavy (non-hydrogen) atoms. The third-order valence-electron chi connectivity index (χ3n) is 8.08. The summed E-state index contributed by atoms with van der Waals surface area (Å²) in [5.74, 6) is -0.224. The molecule has 1 atom stereocenters. The summed E-state index contributed by atoms with van der Waals surface area (Å²) < 4.78 is 53.6. The standard InChI is InChI=1S/C31H33F3NO5/c32-31(33,34)40-27-14-12-26(13-15-27)38-21-7-18-35-19-16-23(17-20-35)28(22-35)39-29(36)30(37,24-8-3-1-4-9-24)25-10-5-2-6-11-25/h1-6,8-15,23,28,37H,7,16-22H2/q+1. The van der Waals surface area contributed by atoms with Gasteiger partial charge < -0.3 is 23.8 Å². The molecule has 6 nitrogen and oxygen atoms in total. The van der Waals surface area contributed by atoms with E-state index in [1.807, 2.05) is 12.1 Å². The Morgan fingerprint density at radius 2 is 1.40 bits per heavy atom. The number of fused-ring (bicyclic) bond motifs is 3. The van der Waals surface area contributed by atoms with Crippen LogP contribution in [0.3, 0.4) is 0 Å². The number of rotatable bonds is 10. The van der Waals surface area contributed by atoms with E-state index in [9.17, 15) is 23.1 Å². The van der Waals surface area contributed by atoms with Gasteiger partial charge in [0.1, 0.15) is 18.0 Å². The first-order chi connectivity index (χ1) is 19.2. The number of carbonyl (C=O) groups is 1. The van der Waals surface area contributed by atoms with Crippen LogP contribution in [0, 0.1) is 5.92 Å². The van der Waals surface area contributed by atoms with E-state index in [2.05, 4.69) is 4.74 Å². The molecule has 2 bridgehead atoms. The van der Waals surface area contributed by atoms with Gasteiger partial charge >= 0.3 is 12.3 Å². The van der Waals surface area contributed by atoms with Crippen LogP contribution in [0.25, 0.3) is 0 Å². The number of esters is 1. The zero-order chi connectivity index (χ0) is 28.2. The van der Waals surface area contributed by atoms with E-state index in [-0.39, 0.29) is 17.8 Å². The molecule has 1 unspecified atom stereocenters. The minimum absolute atomic E-state index is 0.258. The fourth-order valence-electron chi connectivity index (χ4n) is 5.98. The summed E-state index contributed by atoms with van der Waals surface area (Å²) >= 11 is 0. The van der Waals surface area contributed by atoms with E-state index in [0.29, 0.717) is 30.0 Å². The topological polar surface area (TPSA) is 65.0 Å². The maximum atomic E-state index is 13.7. The lowest BCUT2D eigenvalue weighted by Gasteiger charge is -2.52. The van der Waals surface area contributed by atoms with Gasteiger partial charge in [0.25, 0.3) is 0 Å². The second-order valence-electron chi connectivity index (χ2n) is 10.6. The van der Waals surface area contributed by atoms with Gasteiger partial charge in [-0.2, -0.15) is 0 Å². The van der Waals surface area contributed by atoms with Gasteiger partial charge in [-0.05, 0) is 35.4 Å². The summed E-state index contributed by atoms with van der Waals surface area (Å²) in [4.78, 5) is 13.7. The van der Waals surface area contributed by atoms with E-state index >= 15 is 0 Å². The van der Waals surface area contributed by atoms with Crippen molar-refractivity contribution in [3.63, 3.8) is 0 Å². The number of hydrogen-bond donors (Lipinski definition) is 1. The van der Waals surface area contributed by atoms with Crippen molar-refractivity contribution in [2.45, 2.75) is 37.3 Å². The molecular formula is C31H33F3NO5+. The highest BCUT2D eigenvalue weighted by atomic mass is 19.4. The van der Waals surface area contributed by atoms with Crippen LogP contribution in [-0.4, -0.2) is 60.8 Å². The first kappa shape index (κ1) is 28.0. The monoisotopic (exact) mass is 556 g/mol. The summed E-state index contributed by atoms with van der Waals surface area (Å²) in [6.45, 7) is 3.90. The molecule has 3 fully saturated rings. The van der Waals surface area contributed by atoms with E-state index < -0.39 is 17.9 Å². The number of alkyl halides is 3. The van der Waals surface area contributed by atoms with Crippen LogP contribution in [0.4, 0.5) is 13.2 Å². The summed E-state index contributed by atoms with van der Waals surface area (Å²) in [6.07, 6.45) is -2.41. The van der Waals surface area contributed by atoms with Crippen molar-refractivity contribution < 1.29 is 41.8 Å². The number of halogens is 3. The molecule has 212 valence electrons. The SMILES string of the molecule is O=C(OC1C[N+]2(CCCOc3ccc(OC(F)(F)F)cc3)CCC1CC2)C(O)(c1ccccc1)c1ccccc1. The third kappa shape index (κ3) is 6.26. The van der Waals surface area contributed by atoms with Crippen LogP contribution >= 0.6 is 0 Å². The Balaban J connectivity index is 1.19. The third-order valence-corrected chi connectivity index (χ3v) is 8.08. The smallest absolute Gasteiger partial charge is 0.493 e. The minimum Gasteiger partial charge on any atom is -0.493 e. The van der Waals surface area contributed by atoms with Gasteiger partial charge in [0.05, 0.1) is 26.2 Å². The molecule has 3 aliphatic heterocycles. The molecule has 1 N–H and O–H groups in total. The van der Waals surface area contributed by atoms with Crippen LogP contribution in [0.1, 0.15) is 30.4 Å². The van der Waals surface area contributed by atoms with Gasteiger partial charge in [-0.3, -0.25) is 0 Å². The average Bonchev–Trinajstić information content (AvgIpc) is 2.96. The van der Waals surface area contributed by atoms with Crippen LogP contribution in [0.2, 0.25) is 0 Å². The first-order valence-corrected chi connectivity index (χ1v) is 13.6. The van der Waals surface area contributed by atoms with Crippen LogP contribution in [0.15, 0.2) is 84.9 Å². The Kier molecular flexibility index (Phi) is 8.05. The number of piperidine rings is 3. The Morgan fingerprint density at radius 3 is 1.95 bits per heavy atom. The molecule has 0 aliphatic carbocycles. The van der Waals surface area contributed by atoms with Gasteiger partial charge in [0, 0.05) is 25.2 Å². The molecular weight excluding hydrogens is 523 g/mol. The van der Waals surface area contributed by atoms with Gasteiger partial charge in [-0.25, -0.2) is 4.79 Å². The van der Waals surface area contributed by atoms with E-state index in [1.54, 1.807) is 48.5 Å².